The SMILES string of the molecule is CC(C(=O)NC(=O)NCc1ccccc1)N1CCCCC1. The molecule has 2 N–H and O–H groups in total. The minimum atomic E-state index is -0.437. The lowest BCUT2D eigenvalue weighted by molar-refractivity contribution is -0.125. The molecule has 1 aromatic carbocycles. The highest BCUT2D eigenvalue weighted by molar-refractivity contribution is 5.96. The lowest BCUT2D eigenvalue weighted by Crippen LogP contribution is -2.50. The lowest BCUT2D eigenvalue weighted by atomic mass is 10.1. The van der Waals surface area contributed by atoms with Crippen LogP contribution in [-0.2, 0) is 11.3 Å². The van der Waals surface area contributed by atoms with E-state index in [9.17, 15) is 9.59 Å². The van der Waals surface area contributed by atoms with Gasteiger partial charge in [0.15, 0.2) is 0 Å². The fraction of sp³-hybridized carbons (Fsp3) is 0.500. The van der Waals surface area contributed by atoms with Crippen molar-refractivity contribution in [2.45, 2.75) is 38.8 Å². The van der Waals surface area contributed by atoms with E-state index in [1.807, 2.05) is 37.3 Å². The summed E-state index contributed by atoms with van der Waals surface area (Å²) < 4.78 is 0. The Hall–Kier alpha value is -1.88. The quantitative estimate of drug-likeness (QED) is 0.890. The number of nitrogens with one attached hydrogen (secondary N) is 2. The molecule has 1 heterocycles. The number of piperidine rings is 1. The molecule has 0 aromatic heterocycles. The second kappa shape index (κ2) is 7.78. The molecule has 5 nitrogen and oxygen atoms in total. The summed E-state index contributed by atoms with van der Waals surface area (Å²) in [5.41, 5.74) is 1.00. The van der Waals surface area contributed by atoms with Gasteiger partial charge in [-0.2, -0.15) is 0 Å². The molecule has 1 aliphatic heterocycles. The van der Waals surface area contributed by atoms with Crippen molar-refractivity contribution >= 4 is 11.9 Å². The van der Waals surface area contributed by atoms with Crippen LogP contribution in [0.3, 0.4) is 0 Å². The first kappa shape index (κ1) is 15.5. The van der Waals surface area contributed by atoms with Gasteiger partial charge in [-0.05, 0) is 38.4 Å². The first-order valence-corrected chi connectivity index (χ1v) is 7.53. The van der Waals surface area contributed by atoms with E-state index in [0.29, 0.717) is 6.54 Å². The van der Waals surface area contributed by atoms with E-state index in [2.05, 4.69) is 15.5 Å². The van der Waals surface area contributed by atoms with E-state index < -0.39 is 6.03 Å². The van der Waals surface area contributed by atoms with Crippen LogP contribution in [-0.4, -0.2) is 36.0 Å². The van der Waals surface area contributed by atoms with E-state index in [-0.39, 0.29) is 11.9 Å². The lowest BCUT2D eigenvalue weighted by Gasteiger charge is -2.31. The van der Waals surface area contributed by atoms with Gasteiger partial charge in [0.25, 0.3) is 0 Å². The van der Waals surface area contributed by atoms with E-state index in [1.165, 1.54) is 6.42 Å². The number of urea groups is 1. The average molecular weight is 289 g/mol. The van der Waals surface area contributed by atoms with Crippen molar-refractivity contribution in [1.29, 1.82) is 0 Å². The Morgan fingerprint density at radius 3 is 2.48 bits per heavy atom. The maximum absolute atomic E-state index is 12.1. The van der Waals surface area contributed by atoms with Gasteiger partial charge < -0.3 is 5.32 Å². The van der Waals surface area contributed by atoms with Crippen molar-refractivity contribution in [3.8, 4) is 0 Å². The molecule has 0 saturated carbocycles. The van der Waals surface area contributed by atoms with Crippen LogP contribution in [0.2, 0.25) is 0 Å². The molecule has 0 aliphatic carbocycles. The highest BCUT2D eigenvalue weighted by atomic mass is 16.2. The first-order chi connectivity index (χ1) is 10.2. The van der Waals surface area contributed by atoms with E-state index in [1.54, 1.807) is 0 Å². The summed E-state index contributed by atoms with van der Waals surface area (Å²) in [5.74, 6) is -0.234. The highest BCUT2D eigenvalue weighted by Crippen LogP contribution is 2.11. The number of hydrogen-bond acceptors (Lipinski definition) is 3. The number of rotatable bonds is 4. The summed E-state index contributed by atoms with van der Waals surface area (Å²) >= 11 is 0. The molecule has 114 valence electrons. The molecular weight excluding hydrogens is 266 g/mol. The molecule has 0 radical (unpaired) electrons. The van der Waals surface area contributed by atoms with Crippen LogP contribution in [0.5, 0.6) is 0 Å². The van der Waals surface area contributed by atoms with Crippen molar-refractivity contribution in [3.63, 3.8) is 0 Å². The summed E-state index contributed by atoms with van der Waals surface area (Å²) in [6, 6.07) is 8.92. The number of hydrogen-bond donors (Lipinski definition) is 2. The smallest absolute Gasteiger partial charge is 0.321 e. The van der Waals surface area contributed by atoms with Crippen LogP contribution >= 0.6 is 0 Å². The second-order valence-electron chi connectivity index (χ2n) is 5.43. The number of nitrogens with zero attached hydrogens (tertiary/aromatic N) is 1. The van der Waals surface area contributed by atoms with Crippen LogP contribution in [0.25, 0.3) is 0 Å². The van der Waals surface area contributed by atoms with Gasteiger partial charge in [-0.3, -0.25) is 15.0 Å². The molecule has 3 amide bonds. The Bertz CT molecular complexity index is 470. The summed E-state index contributed by atoms with van der Waals surface area (Å²) in [6.45, 7) is 4.13. The second-order valence-corrected chi connectivity index (χ2v) is 5.43. The van der Waals surface area contributed by atoms with Gasteiger partial charge in [-0.15, -0.1) is 0 Å². The molecule has 1 fully saturated rings. The molecule has 2 rings (SSSR count). The predicted molar refractivity (Wildman–Crippen MR) is 81.7 cm³/mol. The van der Waals surface area contributed by atoms with Crippen LogP contribution in [0, 0.1) is 0 Å². The minimum absolute atomic E-state index is 0.234. The van der Waals surface area contributed by atoms with E-state index >= 15 is 0 Å². The average Bonchev–Trinajstić information content (AvgIpc) is 2.54. The third-order valence-corrected chi connectivity index (χ3v) is 3.85. The topological polar surface area (TPSA) is 61.4 Å². The highest BCUT2D eigenvalue weighted by Gasteiger charge is 2.23. The third kappa shape index (κ3) is 4.86. The summed E-state index contributed by atoms with van der Waals surface area (Å²) in [6.07, 6.45) is 3.47. The number of imide groups is 1. The Morgan fingerprint density at radius 2 is 1.81 bits per heavy atom. The Labute approximate surface area is 125 Å². The fourth-order valence-corrected chi connectivity index (χ4v) is 2.51. The van der Waals surface area contributed by atoms with Crippen molar-refractivity contribution in [2.75, 3.05) is 13.1 Å². The maximum Gasteiger partial charge on any atom is 0.321 e. The Morgan fingerprint density at radius 1 is 1.14 bits per heavy atom. The number of carbonyl (C=O) groups is 2. The normalized spacial score (nSPS) is 17.0. The van der Waals surface area contributed by atoms with Crippen LogP contribution < -0.4 is 10.6 Å². The Balaban J connectivity index is 1.75. The van der Waals surface area contributed by atoms with Gasteiger partial charge >= 0.3 is 6.03 Å². The molecule has 21 heavy (non-hydrogen) atoms. The van der Waals surface area contributed by atoms with Crippen molar-refractivity contribution in [2.24, 2.45) is 0 Å². The van der Waals surface area contributed by atoms with Gasteiger partial charge in [0.1, 0.15) is 0 Å². The molecular formula is C16H23N3O2. The molecule has 5 heteroatoms. The van der Waals surface area contributed by atoms with Gasteiger partial charge in [-0.25, -0.2) is 4.79 Å². The fourth-order valence-electron chi connectivity index (χ4n) is 2.51. The maximum atomic E-state index is 12.1. The monoisotopic (exact) mass is 289 g/mol. The molecule has 1 aliphatic rings. The minimum Gasteiger partial charge on any atom is -0.334 e. The number of amides is 3. The van der Waals surface area contributed by atoms with E-state index in [0.717, 1.165) is 31.5 Å². The largest absolute Gasteiger partial charge is 0.334 e. The standard InChI is InChI=1S/C16H23N3O2/c1-13(19-10-6-3-7-11-19)15(20)18-16(21)17-12-14-8-4-2-5-9-14/h2,4-5,8-9,13H,3,6-7,10-12H2,1H3,(H2,17,18,20,21). The van der Waals surface area contributed by atoms with Crippen molar-refractivity contribution < 1.29 is 9.59 Å². The van der Waals surface area contributed by atoms with Crippen molar-refractivity contribution in [1.82, 2.24) is 15.5 Å². The van der Waals surface area contributed by atoms with Gasteiger partial charge in [0.2, 0.25) is 5.91 Å². The van der Waals surface area contributed by atoms with Crippen molar-refractivity contribution in [3.05, 3.63) is 35.9 Å². The first-order valence-electron chi connectivity index (χ1n) is 7.53. The molecule has 1 unspecified atom stereocenters. The number of carbonyl (C=O) groups excluding carboxylic acids is 2. The van der Waals surface area contributed by atoms with Crippen LogP contribution in [0.15, 0.2) is 30.3 Å². The van der Waals surface area contributed by atoms with Gasteiger partial charge in [-0.1, -0.05) is 36.8 Å². The zero-order chi connectivity index (χ0) is 15.1. The van der Waals surface area contributed by atoms with Gasteiger partial charge in [0, 0.05) is 6.54 Å². The molecule has 0 spiro atoms. The predicted octanol–water partition coefficient (Wildman–Crippen LogP) is 1.89. The van der Waals surface area contributed by atoms with E-state index in [4.69, 9.17) is 0 Å². The molecule has 1 saturated heterocycles. The zero-order valence-electron chi connectivity index (χ0n) is 12.5. The van der Waals surface area contributed by atoms with Crippen LogP contribution in [0.1, 0.15) is 31.7 Å². The number of likely N-dealkylation sites (tertiary alicyclic amines) is 1. The molecule has 1 aromatic rings. The van der Waals surface area contributed by atoms with Crippen LogP contribution in [0.4, 0.5) is 4.79 Å². The summed E-state index contributed by atoms with van der Waals surface area (Å²) in [7, 11) is 0. The van der Waals surface area contributed by atoms with Gasteiger partial charge in [0.05, 0.1) is 6.04 Å². The number of benzene rings is 1. The summed E-state index contributed by atoms with van der Waals surface area (Å²) in [5, 5.41) is 5.11. The third-order valence-electron chi connectivity index (χ3n) is 3.85. The molecule has 1 atom stereocenters. The molecule has 0 bridgehead atoms. The zero-order valence-corrected chi connectivity index (χ0v) is 12.5. The Kier molecular flexibility index (Phi) is 5.75. The summed E-state index contributed by atoms with van der Waals surface area (Å²) in [4.78, 5) is 25.9.